The van der Waals surface area contributed by atoms with Gasteiger partial charge in [-0.25, -0.2) is 4.79 Å². The summed E-state index contributed by atoms with van der Waals surface area (Å²) in [5.74, 6) is -1.06. The molecule has 1 atom stereocenters. The second kappa shape index (κ2) is 8.23. The summed E-state index contributed by atoms with van der Waals surface area (Å²) in [7, 11) is 3.74. The first kappa shape index (κ1) is 19.1. The number of hydrogen-bond donors (Lipinski definition) is 1. The predicted molar refractivity (Wildman–Crippen MR) is 101 cm³/mol. The van der Waals surface area contributed by atoms with E-state index in [4.69, 9.17) is 27.9 Å². The first-order chi connectivity index (χ1) is 11.8. The van der Waals surface area contributed by atoms with Gasteiger partial charge in [-0.2, -0.15) is 0 Å². The van der Waals surface area contributed by atoms with Crippen LogP contribution in [0.4, 0.5) is 11.4 Å². The molecule has 0 spiro atoms. The van der Waals surface area contributed by atoms with Crippen LogP contribution in [-0.2, 0) is 9.53 Å². The van der Waals surface area contributed by atoms with Crippen LogP contribution < -0.4 is 10.2 Å². The number of halogens is 2. The quantitative estimate of drug-likeness (QED) is 0.787. The average molecular weight is 381 g/mol. The number of nitrogens with one attached hydrogen (secondary N) is 1. The molecule has 0 radical (unpaired) electrons. The summed E-state index contributed by atoms with van der Waals surface area (Å²) in [5.41, 5.74) is 1.63. The van der Waals surface area contributed by atoms with Crippen molar-refractivity contribution in [3.05, 3.63) is 58.1 Å². The minimum Gasteiger partial charge on any atom is -0.449 e. The molecule has 0 unspecified atom stereocenters. The molecule has 2 aromatic rings. The molecule has 0 bridgehead atoms. The number of carbonyl (C=O) groups excluding carboxylic acids is 2. The van der Waals surface area contributed by atoms with Crippen molar-refractivity contribution in [3.63, 3.8) is 0 Å². The highest BCUT2D eigenvalue weighted by Gasteiger charge is 2.20. The standard InChI is InChI=1S/C18H18Cl2N2O3/c1-11(17(23)21-16-8-7-13(19)10-15(16)20)25-18(24)12-5-4-6-14(9-12)22(2)3/h4-11H,1-3H3,(H,21,23)/t11-/m0/s1. The Balaban J connectivity index is 2.03. The van der Waals surface area contributed by atoms with Gasteiger partial charge in [-0.1, -0.05) is 29.3 Å². The fourth-order valence-corrected chi connectivity index (χ4v) is 2.47. The van der Waals surface area contributed by atoms with Gasteiger partial charge in [-0.3, -0.25) is 4.79 Å². The van der Waals surface area contributed by atoms with E-state index in [0.29, 0.717) is 21.3 Å². The van der Waals surface area contributed by atoms with Crippen LogP contribution >= 0.6 is 23.2 Å². The number of anilines is 2. The van der Waals surface area contributed by atoms with Crippen molar-refractivity contribution in [2.24, 2.45) is 0 Å². The van der Waals surface area contributed by atoms with E-state index in [1.54, 1.807) is 30.3 Å². The summed E-state index contributed by atoms with van der Waals surface area (Å²) in [6.07, 6.45) is -0.984. The molecule has 5 nitrogen and oxygen atoms in total. The molecule has 0 aliphatic heterocycles. The van der Waals surface area contributed by atoms with Gasteiger partial charge in [0, 0.05) is 24.8 Å². The first-order valence-corrected chi connectivity index (χ1v) is 8.28. The minimum absolute atomic E-state index is 0.304. The topological polar surface area (TPSA) is 58.6 Å². The lowest BCUT2D eigenvalue weighted by molar-refractivity contribution is -0.123. The molecule has 2 aromatic carbocycles. The fourth-order valence-electron chi connectivity index (χ4n) is 2.02. The lowest BCUT2D eigenvalue weighted by atomic mass is 10.2. The van der Waals surface area contributed by atoms with Crippen LogP contribution in [0.25, 0.3) is 0 Å². The van der Waals surface area contributed by atoms with Gasteiger partial charge in [0.25, 0.3) is 5.91 Å². The second-order valence-corrected chi connectivity index (χ2v) is 6.45. The van der Waals surface area contributed by atoms with E-state index in [1.807, 2.05) is 25.1 Å². The predicted octanol–water partition coefficient (Wildman–Crippen LogP) is 4.24. The van der Waals surface area contributed by atoms with Gasteiger partial charge in [0.2, 0.25) is 0 Å². The zero-order valence-corrected chi connectivity index (χ0v) is 15.6. The molecule has 2 rings (SSSR count). The summed E-state index contributed by atoms with van der Waals surface area (Å²) in [4.78, 5) is 26.3. The number of carbonyl (C=O) groups is 2. The van der Waals surface area contributed by atoms with Gasteiger partial charge in [-0.15, -0.1) is 0 Å². The molecule has 0 saturated carbocycles. The molecule has 0 aliphatic carbocycles. The Labute approximate surface area is 156 Å². The average Bonchev–Trinajstić information content (AvgIpc) is 2.57. The highest BCUT2D eigenvalue weighted by molar-refractivity contribution is 6.36. The first-order valence-electron chi connectivity index (χ1n) is 7.52. The molecule has 0 saturated heterocycles. The molecule has 1 amide bonds. The van der Waals surface area contributed by atoms with Crippen LogP contribution in [-0.4, -0.2) is 32.1 Å². The molecule has 1 N–H and O–H groups in total. The SMILES string of the molecule is C[C@H](OC(=O)c1cccc(N(C)C)c1)C(=O)Nc1ccc(Cl)cc1Cl. The number of hydrogen-bond acceptors (Lipinski definition) is 4. The lowest BCUT2D eigenvalue weighted by Gasteiger charge is -2.16. The highest BCUT2D eigenvalue weighted by Crippen LogP contribution is 2.25. The summed E-state index contributed by atoms with van der Waals surface area (Å²) >= 11 is 11.8. The van der Waals surface area contributed by atoms with Gasteiger partial charge >= 0.3 is 5.97 Å². The minimum atomic E-state index is -0.984. The third-order valence-electron chi connectivity index (χ3n) is 3.44. The van der Waals surface area contributed by atoms with Gasteiger partial charge in [-0.05, 0) is 43.3 Å². The zero-order valence-electron chi connectivity index (χ0n) is 14.0. The van der Waals surface area contributed by atoms with E-state index in [2.05, 4.69) is 5.32 Å². The van der Waals surface area contributed by atoms with Gasteiger partial charge in [0.15, 0.2) is 6.10 Å². The molecule has 25 heavy (non-hydrogen) atoms. The van der Waals surface area contributed by atoms with Gasteiger partial charge in [0.1, 0.15) is 0 Å². The van der Waals surface area contributed by atoms with E-state index in [-0.39, 0.29) is 0 Å². The summed E-state index contributed by atoms with van der Waals surface area (Å²) in [6, 6.07) is 11.7. The third kappa shape index (κ3) is 5.11. The Bertz CT molecular complexity index is 794. The van der Waals surface area contributed by atoms with Crippen LogP contribution in [0.15, 0.2) is 42.5 Å². The number of benzene rings is 2. The van der Waals surface area contributed by atoms with Gasteiger partial charge in [0.05, 0.1) is 16.3 Å². The van der Waals surface area contributed by atoms with Gasteiger partial charge < -0.3 is 15.0 Å². The maximum absolute atomic E-state index is 12.2. The Hall–Kier alpha value is -2.24. The summed E-state index contributed by atoms with van der Waals surface area (Å²) < 4.78 is 5.23. The van der Waals surface area contributed by atoms with Crippen molar-refractivity contribution in [2.75, 3.05) is 24.3 Å². The van der Waals surface area contributed by atoms with Crippen molar-refractivity contribution < 1.29 is 14.3 Å². The maximum Gasteiger partial charge on any atom is 0.338 e. The second-order valence-electron chi connectivity index (χ2n) is 5.61. The molecular formula is C18H18Cl2N2O3. The smallest absolute Gasteiger partial charge is 0.338 e. The molecule has 0 aromatic heterocycles. The maximum atomic E-state index is 12.2. The van der Waals surface area contributed by atoms with Crippen molar-refractivity contribution in [3.8, 4) is 0 Å². The van der Waals surface area contributed by atoms with Crippen LogP contribution in [0.3, 0.4) is 0 Å². The number of nitrogens with zero attached hydrogens (tertiary/aromatic N) is 1. The Morgan fingerprint density at radius 1 is 1.12 bits per heavy atom. The Morgan fingerprint density at radius 3 is 2.48 bits per heavy atom. The molecule has 0 fully saturated rings. The van der Waals surface area contributed by atoms with Crippen molar-refractivity contribution in [1.82, 2.24) is 0 Å². The van der Waals surface area contributed by atoms with Crippen LogP contribution in [0, 0.1) is 0 Å². The molecule has 132 valence electrons. The summed E-state index contributed by atoms with van der Waals surface area (Å²) in [5, 5.41) is 3.37. The fraction of sp³-hybridized carbons (Fsp3) is 0.222. The third-order valence-corrected chi connectivity index (χ3v) is 3.99. The number of amides is 1. The van der Waals surface area contributed by atoms with Crippen LogP contribution in [0.1, 0.15) is 17.3 Å². The Kier molecular flexibility index (Phi) is 6.28. The van der Waals surface area contributed by atoms with Crippen LogP contribution in [0.5, 0.6) is 0 Å². The number of ether oxygens (including phenoxy) is 1. The molecule has 0 heterocycles. The van der Waals surface area contributed by atoms with Crippen molar-refractivity contribution in [1.29, 1.82) is 0 Å². The highest BCUT2D eigenvalue weighted by atomic mass is 35.5. The zero-order chi connectivity index (χ0) is 18.6. The van der Waals surface area contributed by atoms with Crippen molar-refractivity contribution in [2.45, 2.75) is 13.0 Å². The number of rotatable bonds is 5. The molecule has 7 heteroatoms. The molecular weight excluding hydrogens is 363 g/mol. The normalized spacial score (nSPS) is 11.6. The largest absolute Gasteiger partial charge is 0.449 e. The van der Waals surface area contributed by atoms with E-state index in [0.717, 1.165) is 5.69 Å². The monoisotopic (exact) mass is 380 g/mol. The Morgan fingerprint density at radius 2 is 1.84 bits per heavy atom. The lowest BCUT2D eigenvalue weighted by Crippen LogP contribution is -2.30. The van der Waals surface area contributed by atoms with Crippen molar-refractivity contribution >= 4 is 46.5 Å². The van der Waals surface area contributed by atoms with E-state index in [1.165, 1.54) is 13.0 Å². The molecule has 0 aliphatic rings. The van der Waals surface area contributed by atoms with E-state index in [9.17, 15) is 9.59 Å². The van der Waals surface area contributed by atoms with E-state index < -0.39 is 18.0 Å². The number of esters is 1. The van der Waals surface area contributed by atoms with E-state index >= 15 is 0 Å². The summed E-state index contributed by atoms with van der Waals surface area (Å²) in [6.45, 7) is 1.49. The van der Waals surface area contributed by atoms with Crippen LogP contribution in [0.2, 0.25) is 10.0 Å².